The SMILES string of the molecule is C=C/C(C)=C/C=C/C1(C)CCC(C(C)(C)OO)OO1. The van der Waals surface area contributed by atoms with Gasteiger partial charge in [0.15, 0.2) is 0 Å². The number of hydrogen-bond donors (Lipinski definition) is 1. The molecule has 1 aliphatic heterocycles. The maximum atomic E-state index is 8.84. The van der Waals surface area contributed by atoms with E-state index in [1.807, 2.05) is 32.1 Å². The summed E-state index contributed by atoms with van der Waals surface area (Å²) in [6, 6.07) is 0. The Balaban J connectivity index is 2.59. The fourth-order valence-electron chi connectivity index (χ4n) is 1.78. The van der Waals surface area contributed by atoms with Gasteiger partial charge in [-0.05, 0) is 46.6 Å². The predicted molar refractivity (Wildman–Crippen MR) is 74.5 cm³/mol. The van der Waals surface area contributed by atoms with Crippen molar-refractivity contribution in [2.24, 2.45) is 0 Å². The van der Waals surface area contributed by atoms with Gasteiger partial charge in [0.05, 0.1) is 0 Å². The van der Waals surface area contributed by atoms with Crippen LogP contribution in [-0.4, -0.2) is 22.6 Å². The van der Waals surface area contributed by atoms with E-state index in [9.17, 15) is 0 Å². The fraction of sp³-hybridized carbons (Fsp3) is 0.600. The van der Waals surface area contributed by atoms with E-state index < -0.39 is 11.2 Å². The van der Waals surface area contributed by atoms with Gasteiger partial charge in [-0.2, -0.15) is 0 Å². The van der Waals surface area contributed by atoms with Crippen molar-refractivity contribution in [1.82, 2.24) is 0 Å². The molecule has 1 saturated heterocycles. The molecule has 4 heteroatoms. The van der Waals surface area contributed by atoms with Crippen molar-refractivity contribution >= 4 is 0 Å². The molecule has 0 amide bonds. The highest BCUT2D eigenvalue weighted by Crippen LogP contribution is 2.33. The molecule has 1 aliphatic rings. The quantitative estimate of drug-likeness (QED) is 0.468. The maximum Gasteiger partial charge on any atom is 0.127 e. The van der Waals surface area contributed by atoms with Crippen LogP contribution >= 0.6 is 0 Å². The maximum absolute atomic E-state index is 8.84. The summed E-state index contributed by atoms with van der Waals surface area (Å²) in [5.74, 6) is 0. The molecule has 108 valence electrons. The summed E-state index contributed by atoms with van der Waals surface area (Å²) < 4.78 is 0. The van der Waals surface area contributed by atoms with Gasteiger partial charge in [0.25, 0.3) is 0 Å². The van der Waals surface area contributed by atoms with Crippen molar-refractivity contribution in [2.45, 2.75) is 57.8 Å². The summed E-state index contributed by atoms with van der Waals surface area (Å²) in [6.45, 7) is 11.2. The minimum absolute atomic E-state index is 0.288. The second-order valence-electron chi connectivity index (χ2n) is 5.69. The Kier molecular flexibility index (Phi) is 5.50. The summed E-state index contributed by atoms with van der Waals surface area (Å²) in [4.78, 5) is 15.2. The van der Waals surface area contributed by atoms with Crippen LogP contribution in [0.1, 0.15) is 40.5 Å². The van der Waals surface area contributed by atoms with E-state index in [1.54, 1.807) is 19.9 Å². The molecule has 0 aromatic carbocycles. The van der Waals surface area contributed by atoms with Gasteiger partial charge in [0.1, 0.15) is 17.3 Å². The Morgan fingerprint density at radius 3 is 2.68 bits per heavy atom. The van der Waals surface area contributed by atoms with Gasteiger partial charge in [-0.25, -0.2) is 14.7 Å². The highest BCUT2D eigenvalue weighted by atomic mass is 17.2. The second kappa shape index (κ2) is 6.48. The summed E-state index contributed by atoms with van der Waals surface area (Å²) >= 11 is 0. The van der Waals surface area contributed by atoms with E-state index in [0.717, 1.165) is 18.4 Å². The van der Waals surface area contributed by atoms with Crippen molar-refractivity contribution in [2.75, 3.05) is 0 Å². The third-order valence-corrected chi connectivity index (χ3v) is 3.40. The van der Waals surface area contributed by atoms with Crippen LogP contribution in [0, 0.1) is 0 Å². The minimum atomic E-state index is -0.773. The van der Waals surface area contributed by atoms with Gasteiger partial charge in [-0.1, -0.05) is 30.4 Å². The lowest BCUT2D eigenvalue weighted by Crippen LogP contribution is -2.47. The highest BCUT2D eigenvalue weighted by molar-refractivity contribution is 5.21. The summed E-state index contributed by atoms with van der Waals surface area (Å²) in [5, 5.41) is 8.84. The van der Waals surface area contributed by atoms with Crippen molar-refractivity contribution in [3.8, 4) is 0 Å². The average Bonchev–Trinajstić information content (AvgIpc) is 2.39. The largest absolute Gasteiger partial charge is 0.251 e. The molecular formula is C15H24O4. The molecule has 1 heterocycles. The predicted octanol–water partition coefficient (Wildman–Crippen LogP) is 3.81. The molecule has 2 unspecified atom stereocenters. The van der Waals surface area contributed by atoms with Crippen LogP contribution in [0.15, 0.2) is 36.5 Å². The molecule has 2 atom stereocenters. The Morgan fingerprint density at radius 1 is 1.53 bits per heavy atom. The monoisotopic (exact) mass is 268 g/mol. The van der Waals surface area contributed by atoms with E-state index in [2.05, 4.69) is 11.5 Å². The molecule has 1 N–H and O–H groups in total. The molecule has 0 aromatic rings. The third kappa shape index (κ3) is 4.58. The lowest BCUT2D eigenvalue weighted by Gasteiger charge is -2.39. The van der Waals surface area contributed by atoms with Crippen LogP contribution in [0.4, 0.5) is 0 Å². The summed E-state index contributed by atoms with van der Waals surface area (Å²) in [5.41, 5.74) is -0.144. The first kappa shape index (κ1) is 16.1. The number of hydrogen-bond acceptors (Lipinski definition) is 4. The minimum Gasteiger partial charge on any atom is -0.251 e. The lowest BCUT2D eigenvalue weighted by atomic mass is 9.90. The Hall–Kier alpha value is -0.940. The van der Waals surface area contributed by atoms with Gasteiger partial charge < -0.3 is 0 Å². The zero-order chi connectivity index (χ0) is 14.5. The summed E-state index contributed by atoms with van der Waals surface area (Å²) in [7, 11) is 0. The van der Waals surface area contributed by atoms with Gasteiger partial charge in [0, 0.05) is 0 Å². The van der Waals surface area contributed by atoms with Crippen LogP contribution in [-0.2, 0) is 14.7 Å². The number of rotatable bonds is 5. The zero-order valence-corrected chi connectivity index (χ0v) is 12.2. The lowest BCUT2D eigenvalue weighted by molar-refractivity contribution is -0.440. The normalized spacial score (nSPS) is 29.7. The molecule has 0 saturated carbocycles. The highest BCUT2D eigenvalue weighted by Gasteiger charge is 2.40. The Morgan fingerprint density at radius 2 is 2.21 bits per heavy atom. The molecule has 1 fully saturated rings. The molecule has 0 bridgehead atoms. The van der Waals surface area contributed by atoms with E-state index in [4.69, 9.17) is 15.0 Å². The van der Waals surface area contributed by atoms with E-state index in [-0.39, 0.29) is 6.10 Å². The van der Waals surface area contributed by atoms with Gasteiger partial charge >= 0.3 is 0 Å². The third-order valence-electron chi connectivity index (χ3n) is 3.40. The van der Waals surface area contributed by atoms with Crippen LogP contribution in [0.5, 0.6) is 0 Å². The first-order valence-electron chi connectivity index (χ1n) is 6.48. The molecule has 0 aromatic heterocycles. The number of allylic oxidation sites excluding steroid dienone is 4. The first-order chi connectivity index (χ1) is 8.83. The van der Waals surface area contributed by atoms with Crippen molar-refractivity contribution < 1.29 is 19.9 Å². The molecule has 1 rings (SSSR count). The average molecular weight is 268 g/mol. The van der Waals surface area contributed by atoms with Crippen molar-refractivity contribution in [3.05, 3.63) is 36.5 Å². The molecular weight excluding hydrogens is 244 g/mol. The van der Waals surface area contributed by atoms with Crippen LogP contribution < -0.4 is 0 Å². The first-order valence-corrected chi connectivity index (χ1v) is 6.48. The topological polar surface area (TPSA) is 47.9 Å². The molecule has 0 radical (unpaired) electrons. The Bertz CT molecular complexity index is 360. The fourth-order valence-corrected chi connectivity index (χ4v) is 1.78. The van der Waals surface area contributed by atoms with Gasteiger partial charge in [-0.3, -0.25) is 5.26 Å². The van der Waals surface area contributed by atoms with Gasteiger partial charge in [0.2, 0.25) is 0 Å². The molecule has 0 aliphatic carbocycles. The molecule has 19 heavy (non-hydrogen) atoms. The molecule has 0 spiro atoms. The van der Waals surface area contributed by atoms with Crippen molar-refractivity contribution in [1.29, 1.82) is 0 Å². The van der Waals surface area contributed by atoms with Crippen LogP contribution in [0.2, 0.25) is 0 Å². The van der Waals surface area contributed by atoms with Crippen molar-refractivity contribution in [3.63, 3.8) is 0 Å². The second-order valence-corrected chi connectivity index (χ2v) is 5.69. The summed E-state index contributed by atoms with van der Waals surface area (Å²) in [6.07, 6.45) is 8.92. The van der Waals surface area contributed by atoms with Crippen LogP contribution in [0.25, 0.3) is 0 Å². The van der Waals surface area contributed by atoms with E-state index >= 15 is 0 Å². The van der Waals surface area contributed by atoms with E-state index in [1.165, 1.54) is 0 Å². The zero-order valence-electron chi connectivity index (χ0n) is 12.2. The standard InChI is InChI=1S/C15H24O4/c1-6-12(2)8-7-10-15(5)11-9-13(17-19-15)14(3,4)18-16/h6-8,10,13,16H,1,9,11H2,2-5H3/b10-7+,12-8+. The Labute approximate surface area is 115 Å². The van der Waals surface area contributed by atoms with E-state index in [0.29, 0.717) is 0 Å². The van der Waals surface area contributed by atoms with Gasteiger partial charge in [-0.15, -0.1) is 0 Å². The smallest absolute Gasteiger partial charge is 0.127 e. The van der Waals surface area contributed by atoms with Crippen LogP contribution in [0.3, 0.4) is 0 Å². The molecule has 4 nitrogen and oxygen atoms in total.